The summed E-state index contributed by atoms with van der Waals surface area (Å²) in [4.78, 5) is 27.8. The second-order valence-electron chi connectivity index (χ2n) is 14.1. The predicted octanol–water partition coefficient (Wildman–Crippen LogP) is 13.0. The summed E-state index contributed by atoms with van der Waals surface area (Å²) in [5, 5.41) is 0. The highest BCUT2D eigenvalue weighted by Crippen LogP contribution is 2.41. The highest BCUT2D eigenvalue weighted by Gasteiger charge is 2.18. The molecule has 0 bridgehead atoms. The topological polar surface area (TPSA) is 59.1 Å². The van der Waals surface area contributed by atoms with Gasteiger partial charge in [0, 0.05) is 58.3 Å². The second kappa shape index (κ2) is 18.8. The summed E-state index contributed by atoms with van der Waals surface area (Å²) in [7, 11) is 0. The Bertz CT molecular complexity index is 2410. The smallest absolute Gasteiger partial charge is 0.335 e. The van der Waals surface area contributed by atoms with E-state index in [0.29, 0.717) is 18.6 Å². The third-order valence-corrected chi connectivity index (χ3v) is 10.3. The average Bonchev–Trinajstić information content (AvgIpc) is 3.25. The van der Waals surface area contributed by atoms with Gasteiger partial charge in [-0.1, -0.05) is 82.1 Å². The molecule has 0 aliphatic heterocycles. The number of ether oxygens (including phenoxy) is 2. The van der Waals surface area contributed by atoms with Crippen molar-refractivity contribution in [3.05, 3.63) is 199 Å². The Labute approximate surface area is 343 Å². The molecule has 58 heavy (non-hydrogen) atoms. The van der Waals surface area contributed by atoms with Crippen LogP contribution in [0.25, 0.3) is 16.9 Å². The Morgan fingerprint density at radius 1 is 0.534 bits per heavy atom. The number of hydrogen-bond acceptors (Lipinski definition) is 6. The van der Waals surface area contributed by atoms with Gasteiger partial charge in [-0.2, -0.15) is 0 Å². The quantitative estimate of drug-likeness (QED) is 0.0555. The van der Waals surface area contributed by atoms with E-state index >= 15 is 0 Å². The van der Waals surface area contributed by atoms with Crippen LogP contribution in [0.4, 0.5) is 34.1 Å². The predicted molar refractivity (Wildman–Crippen MR) is 240 cm³/mol. The van der Waals surface area contributed by atoms with E-state index in [1.165, 1.54) is 17.2 Å². The molecule has 0 fully saturated rings. The third-order valence-electron chi connectivity index (χ3n) is 10.3. The fourth-order valence-electron chi connectivity index (χ4n) is 6.99. The molecule has 0 aliphatic rings. The van der Waals surface area contributed by atoms with Gasteiger partial charge in [-0.15, -0.1) is 0 Å². The number of aryl methyl sites for hydroxylation is 4. The van der Waals surface area contributed by atoms with Crippen molar-refractivity contribution < 1.29 is 19.1 Å². The second-order valence-corrected chi connectivity index (χ2v) is 14.1. The van der Waals surface area contributed by atoms with Gasteiger partial charge in [0.25, 0.3) is 0 Å². The molecule has 6 heteroatoms. The van der Waals surface area contributed by atoms with Gasteiger partial charge >= 0.3 is 11.9 Å². The van der Waals surface area contributed by atoms with Crippen molar-refractivity contribution in [2.24, 2.45) is 0 Å². The zero-order chi connectivity index (χ0) is 41.2. The Kier molecular flexibility index (Phi) is 13.2. The molecule has 0 unspecified atom stereocenters. The van der Waals surface area contributed by atoms with Crippen LogP contribution in [0.15, 0.2) is 165 Å². The number of rotatable bonds is 16. The van der Waals surface area contributed by atoms with Crippen LogP contribution in [0.5, 0.6) is 0 Å². The van der Waals surface area contributed by atoms with E-state index in [9.17, 15) is 9.59 Å². The molecule has 6 aromatic rings. The van der Waals surface area contributed by atoms with Gasteiger partial charge < -0.3 is 19.3 Å². The monoisotopic (exact) mass is 766 g/mol. The molecule has 292 valence electrons. The van der Waals surface area contributed by atoms with Crippen molar-refractivity contribution in [3.8, 4) is 11.1 Å². The number of benzene rings is 6. The minimum absolute atomic E-state index is 0.271. The highest BCUT2D eigenvalue weighted by molar-refractivity contribution is 5.87. The molecule has 6 nitrogen and oxygen atoms in total. The Morgan fingerprint density at radius 3 is 1.29 bits per heavy atom. The van der Waals surface area contributed by atoms with E-state index in [1.807, 2.05) is 24.3 Å². The minimum Gasteiger partial charge on any atom is -0.462 e. The molecule has 0 saturated carbocycles. The maximum Gasteiger partial charge on any atom is 0.335 e. The Morgan fingerprint density at radius 2 is 0.914 bits per heavy atom. The zero-order valence-corrected chi connectivity index (χ0v) is 33.8. The summed E-state index contributed by atoms with van der Waals surface area (Å²) >= 11 is 0. The lowest BCUT2D eigenvalue weighted by Gasteiger charge is -2.28. The Hall–Kier alpha value is -6.92. The zero-order valence-electron chi connectivity index (χ0n) is 33.8. The van der Waals surface area contributed by atoms with Gasteiger partial charge in [-0.3, -0.25) is 0 Å². The molecule has 0 N–H and O–H groups in total. The molecule has 0 saturated heterocycles. The van der Waals surface area contributed by atoms with Crippen molar-refractivity contribution >= 4 is 51.8 Å². The van der Waals surface area contributed by atoms with E-state index < -0.39 is 11.9 Å². The summed E-state index contributed by atoms with van der Waals surface area (Å²) in [5.74, 6) is -0.684. The van der Waals surface area contributed by atoms with E-state index in [2.05, 4.69) is 166 Å². The van der Waals surface area contributed by atoms with Crippen molar-refractivity contribution in [3.63, 3.8) is 0 Å². The molecule has 0 atom stereocenters. The van der Waals surface area contributed by atoms with E-state index in [0.717, 1.165) is 80.9 Å². The highest BCUT2D eigenvalue weighted by atomic mass is 16.5. The standard InChI is InChI=1S/C52H50N2O4/c1-8-39-12-20-43(21-13-39)53(45-24-16-41(17-25-45)32-33-57-51(55)10-3)47-28-30-49(36(5)34-47)50-31-29-48(35-37(50)6)54(44-22-14-40(9-2)15-23-44)46-26-18-42(19-27-46)38(7)58-52(56)11-4/h10-31,34-35H,3-4,7-9,32-33H2,1-2,5-6H3. The van der Waals surface area contributed by atoms with Crippen molar-refractivity contribution in [2.45, 2.75) is 47.0 Å². The first kappa shape index (κ1) is 40.7. The molecule has 0 spiro atoms. The molecule has 0 aliphatic carbocycles. The lowest BCUT2D eigenvalue weighted by molar-refractivity contribution is -0.137. The minimum atomic E-state index is -0.542. The van der Waals surface area contributed by atoms with Crippen molar-refractivity contribution in [1.29, 1.82) is 0 Å². The SMILES string of the molecule is C=CC(=O)OCCc1ccc(N(c2ccc(CC)cc2)c2ccc(-c3ccc(N(c4ccc(CC)cc4)c4ccc(C(=C)OC(=O)C=C)cc4)cc3C)c(C)c2)cc1. The molecule has 0 radical (unpaired) electrons. The van der Waals surface area contributed by atoms with Gasteiger partial charge in [0.15, 0.2) is 0 Å². The summed E-state index contributed by atoms with van der Waals surface area (Å²) in [6, 6.07) is 46.9. The molecular weight excluding hydrogens is 717 g/mol. The Balaban J connectivity index is 1.32. The number of hydrogen-bond donors (Lipinski definition) is 0. The first-order valence-electron chi connectivity index (χ1n) is 19.6. The number of carbonyl (C=O) groups is 2. The van der Waals surface area contributed by atoms with Crippen LogP contribution in [-0.2, 0) is 38.3 Å². The number of esters is 2. The summed E-state index contributed by atoms with van der Waals surface area (Å²) in [5.41, 5.74) is 15.1. The molecule has 0 amide bonds. The summed E-state index contributed by atoms with van der Waals surface area (Å²) in [6.45, 7) is 19.8. The molecule has 6 rings (SSSR count). The maximum absolute atomic E-state index is 11.8. The third kappa shape index (κ3) is 9.54. The van der Waals surface area contributed by atoms with Crippen LogP contribution in [0, 0.1) is 13.8 Å². The molecule has 6 aromatic carbocycles. The van der Waals surface area contributed by atoms with Crippen LogP contribution < -0.4 is 9.80 Å². The molecule has 0 heterocycles. The summed E-state index contributed by atoms with van der Waals surface area (Å²) < 4.78 is 10.5. The van der Waals surface area contributed by atoms with E-state index in [-0.39, 0.29) is 5.76 Å². The van der Waals surface area contributed by atoms with Gasteiger partial charge in [0.05, 0.1) is 6.61 Å². The average molecular weight is 767 g/mol. The number of nitrogens with zero attached hydrogens (tertiary/aromatic N) is 2. The van der Waals surface area contributed by atoms with Gasteiger partial charge in [-0.05, 0) is 151 Å². The number of carbonyl (C=O) groups excluding carboxylic acids is 2. The normalized spacial score (nSPS) is 10.7. The van der Waals surface area contributed by atoms with Crippen molar-refractivity contribution in [2.75, 3.05) is 16.4 Å². The largest absolute Gasteiger partial charge is 0.462 e. The van der Waals surface area contributed by atoms with E-state index in [4.69, 9.17) is 9.47 Å². The van der Waals surface area contributed by atoms with Crippen LogP contribution in [-0.4, -0.2) is 18.5 Å². The lowest BCUT2D eigenvalue weighted by Crippen LogP contribution is -2.11. The summed E-state index contributed by atoms with van der Waals surface area (Å²) in [6.07, 6.45) is 4.86. The van der Waals surface area contributed by atoms with E-state index in [1.54, 1.807) is 0 Å². The molecular formula is C52H50N2O4. The van der Waals surface area contributed by atoms with Crippen LogP contribution >= 0.6 is 0 Å². The van der Waals surface area contributed by atoms with Gasteiger partial charge in [0.2, 0.25) is 0 Å². The fraction of sp³-hybridized carbons (Fsp3) is 0.154. The van der Waals surface area contributed by atoms with Crippen LogP contribution in [0.1, 0.15) is 47.2 Å². The maximum atomic E-state index is 11.8. The van der Waals surface area contributed by atoms with Crippen molar-refractivity contribution in [1.82, 2.24) is 0 Å². The lowest BCUT2D eigenvalue weighted by atomic mass is 9.95. The fourth-order valence-corrected chi connectivity index (χ4v) is 6.99. The number of anilines is 6. The van der Waals surface area contributed by atoms with Gasteiger partial charge in [0.1, 0.15) is 5.76 Å². The van der Waals surface area contributed by atoms with Crippen LogP contribution in [0.3, 0.4) is 0 Å². The van der Waals surface area contributed by atoms with Crippen LogP contribution in [0.2, 0.25) is 0 Å². The first-order valence-corrected chi connectivity index (χ1v) is 19.6. The van der Waals surface area contributed by atoms with Gasteiger partial charge in [-0.25, -0.2) is 9.59 Å². The first-order chi connectivity index (χ1) is 28.1. The molecule has 0 aromatic heterocycles.